The number of ketones is 2. The van der Waals surface area contributed by atoms with E-state index < -0.39 is 29.3 Å². The second kappa shape index (κ2) is 27.0. The molecule has 0 fully saturated rings. The van der Waals surface area contributed by atoms with Gasteiger partial charge in [0, 0.05) is 18.4 Å². The zero-order valence-corrected chi connectivity index (χ0v) is 39.7. The third-order valence-corrected chi connectivity index (χ3v) is 11.9. The summed E-state index contributed by atoms with van der Waals surface area (Å²) in [6.45, 7) is 11.1. The zero-order valence-electron chi connectivity index (χ0n) is 39.7. The van der Waals surface area contributed by atoms with Crippen molar-refractivity contribution in [3.63, 3.8) is 0 Å². The lowest BCUT2D eigenvalue weighted by molar-refractivity contribution is -0.471. The molecule has 10 nitrogen and oxygen atoms in total. The van der Waals surface area contributed by atoms with Crippen LogP contribution in [0, 0.1) is 0 Å². The van der Waals surface area contributed by atoms with Crippen molar-refractivity contribution >= 4 is 35.4 Å². The Balaban J connectivity index is 1.29. The molecule has 2 aliphatic carbocycles. The molecule has 0 spiro atoms. The molecule has 356 valence electrons. The third kappa shape index (κ3) is 14.6. The molecule has 0 saturated heterocycles. The Bertz CT molecular complexity index is 2210. The maximum atomic E-state index is 13.5. The second-order valence-electron chi connectivity index (χ2n) is 17.3. The highest BCUT2D eigenvalue weighted by atomic mass is 16.5. The van der Waals surface area contributed by atoms with E-state index in [4.69, 9.17) is 18.3 Å². The van der Waals surface area contributed by atoms with Gasteiger partial charge < -0.3 is 40.1 Å². The zero-order chi connectivity index (χ0) is 47.3. The highest BCUT2D eigenvalue weighted by molar-refractivity contribution is 6.47. The fraction of sp³-hybridized carbons (Fsp3) is 0.464. The molecule has 3 aromatic rings. The van der Waals surface area contributed by atoms with Crippen LogP contribution in [0.4, 0.5) is 0 Å². The molecule has 2 atom stereocenters. The van der Waals surface area contributed by atoms with Crippen LogP contribution in [0.25, 0.3) is 23.8 Å². The number of hydrogen-bond acceptors (Lipinski definition) is 8. The molecule has 0 aliphatic heterocycles. The van der Waals surface area contributed by atoms with Crippen molar-refractivity contribution in [2.45, 2.75) is 142 Å². The van der Waals surface area contributed by atoms with Gasteiger partial charge in [-0.3, -0.25) is 0 Å². The number of aromatic hydroxyl groups is 3. The number of rotatable bonds is 28. The summed E-state index contributed by atoms with van der Waals surface area (Å²) in [5, 5.41) is 69.4. The molecule has 66 heavy (non-hydrogen) atoms. The lowest BCUT2D eigenvalue weighted by atomic mass is 9.72. The van der Waals surface area contributed by atoms with Gasteiger partial charge in [0.05, 0.1) is 43.0 Å². The van der Waals surface area contributed by atoms with Gasteiger partial charge in [-0.25, -0.2) is 8.85 Å². The van der Waals surface area contributed by atoms with Crippen LogP contribution >= 0.6 is 0 Å². The molecule has 0 heterocycles. The Kier molecular flexibility index (Phi) is 21.0. The van der Waals surface area contributed by atoms with E-state index >= 15 is 0 Å². The predicted octanol–water partition coefficient (Wildman–Crippen LogP) is 12.3. The Morgan fingerprint density at radius 1 is 0.561 bits per heavy atom. The number of benzene rings is 3. The van der Waals surface area contributed by atoms with Crippen molar-refractivity contribution < 1.29 is 49.0 Å². The van der Waals surface area contributed by atoms with E-state index in [-0.39, 0.29) is 28.2 Å². The molecule has 2 unspecified atom stereocenters. The number of phenolic OH excluding ortho intramolecular Hbond substituents is 3. The van der Waals surface area contributed by atoms with Crippen LogP contribution in [0.1, 0.15) is 164 Å². The van der Waals surface area contributed by atoms with Gasteiger partial charge in [-0.1, -0.05) is 128 Å². The first-order chi connectivity index (χ1) is 32.1. The predicted molar refractivity (Wildman–Crippen MR) is 265 cm³/mol. The van der Waals surface area contributed by atoms with Gasteiger partial charge >= 0.3 is 11.6 Å². The summed E-state index contributed by atoms with van der Waals surface area (Å²) in [5.74, 6) is -0.735. The van der Waals surface area contributed by atoms with Crippen LogP contribution in [0.2, 0.25) is 0 Å². The van der Waals surface area contributed by atoms with E-state index in [0.29, 0.717) is 60.6 Å². The fourth-order valence-corrected chi connectivity index (χ4v) is 8.11. The number of carbonyl (C=O) groups excluding carboxylic acids is 2. The number of phenols is 3. The van der Waals surface area contributed by atoms with E-state index in [0.717, 1.165) is 101 Å². The molecule has 5 rings (SSSR count). The summed E-state index contributed by atoms with van der Waals surface area (Å²) in [4.78, 5) is 0. The minimum atomic E-state index is -1.50. The molecule has 5 N–H and O–H groups in total. The topological polar surface area (TPSA) is 165 Å². The maximum absolute atomic E-state index is 13.5. The van der Waals surface area contributed by atoms with Gasteiger partial charge in [-0.05, 0) is 89.9 Å². The van der Waals surface area contributed by atoms with Crippen molar-refractivity contribution in [1.29, 1.82) is 0 Å². The van der Waals surface area contributed by atoms with Crippen LogP contribution in [0.5, 0.6) is 34.5 Å². The van der Waals surface area contributed by atoms with Crippen LogP contribution in [0.3, 0.4) is 0 Å². The van der Waals surface area contributed by atoms with Crippen molar-refractivity contribution in [3.05, 3.63) is 106 Å². The monoisotopic (exact) mass is 906 g/mol. The molecule has 3 aromatic carbocycles. The SMILES string of the molecule is CCCCCCOc1ccc(/C=C/c2cc(O)c(C3=C(O)C(c4c([O-])cc(/C=C/C5=CC(=[O+]CCCCCC)C(=[O+]CCCCCC)C=C5)cc4O)C3O)c(O)c2)cc1OCCCCCC. The van der Waals surface area contributed by atoms with Gasteiger partial charge in [-0.15, -0.1) is 5.75 Å². The highest BCUT2D eigenvalue weighted by Gasteiger charge is 2.45. The van der Waals surface area contributed by atoms with Crippen LogP contribution in [-0.2, 0) is 8.85 Å². The van der Waals surface area contributed by atoms with Gasteiger partial charge in [0.1, 0.15) is 23.0 Å². The lowest BCUT2D eigenvalue weighted by Crippen LogP contribution is -2.34. The van der Waals surface area contributed by atoms with Crippen LogP contribution in [-0.4, -0.2) is 69.6 Å². The van der Waals surface area contributed by atoms with E-state index in [1.165, 1.54) is 37.1 Å². The van der Waals surface area contributed by atoms with E-state index in [9.17, 15) is 30.6 Å². The first kappa shape index (κ1) is 51.2. The highest BCUT2D eigenvalue weighted by Crippen LogP contribution is 2.54. The smallest absolute Gasteiger partial charge is 0.445 e. The van der Waals surface area contributed by atoms with Crippen molar-refractivity contribution in [1.82, 2.24) is 0 Å². The minimum absolute atomic E-state index is 0.129. The summed E-state index contributed by atoms with van der Waals surface area (Å²) in [6.07, 6.45) is 28.7. The Morgan fingerprint density at radius 2 is 1.09 bits per heavy atom. The molecule has 0 radical (unpaired) electrons. The molecular weight excluding hydrogens is 833 g/mol. The van der Waals surface area contributed by atoms with Crippen LogP contribution in [0.15, 0.2) is 78.1 Å². The molecule has 0 saturated carbocycles. The van der Waals surface area contributed by atoms with Crippen LogP contribution < -0.4 is 14.6 Å². The second-order valence-corrected chi connectivity index (χ2v) is 17.3. The van der Waals surface area contributed by atoms with E-state index in [2.05, 4.69) is 27.7 Å². The first-order valence-corrected chi connectivity index (χ1v) is 24.5. The summed E-state index contributed by atoms with van der Waals surface area (Å²) in [6, 6.07) is 11.3. The average molecular weight is 906 g/mol. The quantitative estimate of drug-likeness (QED) is 0.0158. The lowest BCUT2D eigenvalue weighted by Gasteiger charge is -2.38. The summed E-state index contributed by atoms with van der Waals surface area (Å²) < 4.78 is 24.5. The van der Waals surface area contributed by atoms with Gasteiger partial charge in [-0.2, -0.15) is 0 Å². The number of unbranched alkanes of at least 4 members (excludes halogenated alkanes) is 12. The molecule has 0 aromatic heterocycles. The Hall–Kier alpha value is -5.74. The molecule has 2 aliphatic rings. The number of hydrogen-bond donors (Lipinski definition) is 5. The normalized spacial score (nSPS) is 17.4. The largest absolute Gasteiger partial charge is 0.872 e. The molecule has 0 bridgehead atoms. The van der Waals surface area contributed by atoms with E-state index in [1.54, 1.807) is 12.2 Å². The minimum Gasteiger partial charge on any atom is -0.872 e. The fourth-order valence-electron chi connectivity index (χ4n) is 8.11. The number of allylic oxidation sites excluding steroid dienone is 5. The average Bonchev–Trinajstić information content (AvgIpc) is 3.30. The first-order valence-electron chi connectivity index (χ1n) is 24.5. The number of aliphatic hydroxyl groups excluding tert-OH is 2. The summed E-state index contributed by atoms with van der Waals surface area (Å²) >= 11 is 0. The number of aliphatic hydroxyl groups is 2. The van der Waals surface area contributed by atoms with Gasteiger partial charge in [0.2, 0.25) is 0 Å². The van der Waals surface area contributed by atoms with Crippen molar-refractivity contribution in [3.8, 4) is 34.5 Å². The summed E-state index contributed by atoms with van der Waals surface area (Å²) in [5.41, 5.74) is 2.06. The molecule has 10 heteroatoms. The molecular formula is C56H73O10+. The number of ether oxygens (including phenoxy) is 2. The maximum Gasteiger partial charge on any atom is 0.445 e. The third-order valence-electron chi connectivity index (χ3n) is 11.9. The Morgan fingerprint density at radius 3 is 1.68 bits per heavy atom. The van der Waals surface area contributed by atoms with Crippen molar-refractivity contribution in [2.24, 2.45) is 0 Å². The summed E-state index contributed by atoms with van der Waals surface area (Å²) in [7, 11) is 0. The standard InChI is InChI=1S/C56H72O10/c1-5-9-13-17-29-63-47-27-25-39(37-49(47)65-31-19-15-11-7-3)21-23-41-33-43(57)51(44(58)34-41)53-55(61)54(56(53)62)52-45(59)35-42(36-46(52)60)24-22-40-26-28-48(64-30-18-14-10-6-2)50(38-40)66-32-20-16-12-8-4/h21-28,33-38,53,55,61H,5-20,29-32H2,1-4H3,(H3-2,57,58,59,60,62)/p+1/b23-21+,24-22+. The molecule has 0 amide bonds. The van der Waals surface area contributed by atoms with Crippen molar-refractivity contribution in [2.75, 3.05) is 26.4 Å². The van der Waals surface area contributed by atoms with Gasteiger partial charge in [0.25, 0.3) is 13.2 Å². The Labute approximate surface area is 392 Å². The van der Waals surface area contributed by atoms with Gasteiger partial charge in [0.15, 0.2) is 11.5 Å². The van der Waals surface area contributed by atoms with E-state index in [1.807, 2.05) is 48.6 Å².